The van der Waals surface area contributed by atoms with Crippen LogP contribution in [0.15, 0.2) is 67.0 Å². The molecule has 0 spiro atoms. The van der Waals surface area contributed by atoms with Gasteiger partial charge in [-0.15, -0.1) is 0 Å². The van der Waals surface area contributed by atoms with E-state index in [9.17, 15) is 4.79 Å². The van der Waals surface area contributed by atoms with Crippen LogP contribution in [0.5, 0.6) is 0 Å². The summed E-state index contributed by atoms with van der Waals surface area (Å²) < 4.78 is 5.35. The molecule has 2 aromatic carbocycles. The quantitative estimate of drug-likeness (QED) is 0.615. The smallest absolute Gasteiger partial charge is 0.253 e. The Balaban J connectivity index is 1.86. The molecule has 0 saturated heterocycles. The van der Waals surface area contributed by atoms with Crippen LogP contribution in [0.4, 0.5) is 0 Å². The van der Waals surface area contributed by atoms with Crippen molar-refractivity contribution in [2.75, 3.05) is 14.2 Å². The number of rotatable bonds is 6. The Morgan fingerprint density at radius 3 is 2.59 bits per heavy atom. The minimum absolute atomic E-state index is 0.0427. The van der Waals surface area contributed by atoms with Crippen LogP contribution in [-0.4, -0.2) is 29.9 Å². The molecule has 0 saturated carbocycles. The molecule has 0 aliphatic heterocycles. The summed E-state index contributed by atoms with van der Waals surface area (Å²) in [7, 11) is 3.44. The van der Waals surface area contributed by atoms with Crippen molar-refractivity contribution in [3.8, 4) is 11.1 Å². The maximum atomic E-state index is 12.8. The van der Waals surface area contributed by atoms with Crippen molar-refractivity contribution >= 4 is 17.5 Å². The maximum absolute atomic E-state index is 12.8. The number of carbonyl (C=O) groups excluding carboxylic acids is 1. The lowest BCUT2D eigenvalue weighted by molar-refractivity contribution is 0.0784. The second-order valence-electron chi connectivity index (χ2n) is 6.33. The molecular weight excluding hydrogens is 360 g/mol. The van der Waals surface area contributed by atoms with E-state index >= 15 is 0 Å². The molecule has 0 N–H and O–H groups in total. The third-order valence-electron chi connectivity index (χ3n) is 4.30. The number of amides is 1. The lowest BCUT2D eigenvalue weighted by Gasteiger charge is -2.18. The van der Waals surface area contributed by atoms with Gasteiger partial charge < -0.3 is 9.64 Å². The second kappa shape index (κ2) is 8.80. The molecule has 5 heteroatoms. The topological polar surface area (TPSA) is 42.4 Å². The summed E-state index contributed by atoms with van der Waals surface area (Å²) in [5, 5.41) is 0.691. The highest BCUT2D eigenvalue weighted by molar-refractivity contribution is 6.30. The first-order chi connectivity index (χ1) is 13.1. The standard InChI is InChI=1S/C22H21ClN2O2/c1-25(14-16-4-3-11-24-13-16)22(26)18-7-10-21(19(12-18)15-27-2)17-5-8-20(23)9-6-17/h3-13H,14-15H2,1-2H3. The fourth-order valence-electron chi connectivity index (χ4n) is 2.97. The van der Waals surface area contributed by atoms with Gasteiger partial charge in [0.25, 0.3) is 5.91 Å². The van der Waals surface area contributed by atoms with Gasteiger partial charge in [-0.2, -0.15) is 0 Å². The van der Waals surface area contributed by atoms with Gasteiger partial charge in [-0.25, -0.2) is 0 Å². The lowest BCUT2D eigenvalue weighted by atomic mass is 9.97. The van der Waals surface area contributed by atoms with E-state index < -0.39 is 0 Å². The van der Waals surface area contributed by atoms with E-state index in [4.69, 9.17) is 16.3 Å². The zero-order valence-electron chi connectivity index (χ0n) is 15.4. The van der Waals surface area contributed by atoms with Crippen LogP contribution in [0, 0.1) is 0 Å². The Labute approximate surface area is 164 Å². The molecule has 1 heterocycles. The van der Waals surface area contributed by atoms with Gasteiger partial charge in [0.2, 0.25) is 0 Å². The molecule has 0 radical (unpaired) electrons. The predicted octanol–water partition coefficient (Wildman–Crippen LogP) is 4.82. The Bertz CT molecular complexity index is 911. The van der Waals surface area contributed by atoms with Gasteiger partial charge in [-0.3, -0.25) is 9.78 Å². The zero-order chi connectivity index (χ0) is 19.2. The highest BCUT2D eigenvalue weighted by atomic mass is 35.5. The van der Waals surface area contributed by atoms with Gasteiger partial charge in [0.15, 0.2) is 0 Å². The molecule has 0 fully saturated rings. The van der Waals surface area contributed by atoms with Gasteiger partial charge in [0.05, 0.1) is 6.61 Å². The van der Waals surface area contributed by atoms with Gasteiger partial charge in [-0.05, 0) is 52.6 Å². The van der Waals surface area contributed by atoms with Crippen LogP contribution in [0.3, 0.4) is 0 Å². The lowest BCUT2D eigenvalue weighted by Crippen LogP contribution is -2.26. The van der Waals surface area contributed by atoms with Crippen LogP contribution < -0.4 is 0 Å². The number of carbonyl (C=O) groups is 1. The van der Waals surface area contributed by atoms with Crippen LogP contribution >= 0.6 is 11.6 Å². The zero-order valence-corrected chi connectivity index (χ0v) is 16.1. The Morgan fingerprint density at radius 2 is 1.93 bits per heavy atom. The third kappa shape index (κ3) is 4.73. The maximum Gasteiger partial charge on any atom is 0.253 e. The fraction of sp³-hybridized carbons (Fsp3) is 0.182. The number of methoxy groups -OCH3 is 1. The summed E-state index contributed by atoms with van der Waals surface area (Å²) in [6, 6.07) is 17.2. The van der Waals surface area contributed by atoms with E-state index in [0.717, 1.165) is 22.3 Å². The Kier molecular flexibility index (Phi) is 6.22. The van der Waals surface area contributed by atoms with Crippen LogP contribution in [0.1, 0.15) is 21.5 Å². The monoisotopic (exact) mass is 380 g/mol. The van der Waals surface area contributed by atoms with E-state index in [-0.39, 0.29) is 5.91 Å². The first kappa shape index (κ1) is 19.1. The van der Waals surface area contributed by atoms with Gasteiger partial charge in [0, 0.05) is 43.7 Å². The minimum atomic E-state index is -0.0427. The third-order valence-corrected chi connectivity index (χ3v) is 4.55. The van der Waals surface area contributed by atoms with Crippen molar-refractivity contribution in [1.82, 2.24) is 9.88 Å². The molecule has 0 unspecified atom stereocenters. The Hall–Kier alpha value is -2.69. The SMILES string of the molecule is COCc1cc(C(=O)N(C)Cc2cccnc2)ccc1-c1ccc(Cl)cc1. The van der Waals surface area contributed by atoms with Crippen LogP contribution in [0.2, 0.25) is 5.02 Å². The first-order valence-electron chi connectivity index (χ1n) is 8.60. The number of hydrogen-bond donors (Lipinski definition) is 0. The van der Waals surface area contributed by atoms with Gasteiger partial charge in [-0.1, -0.05) is 35.9 Å². The normalized spacial score (nSPS) is 10.6. The molecule has 3 aromatic rings. The van der Waals surface area contributed by atoms with Crippen molar-refractivity contribution in [1.29, 1.82) is 0 Å². The molecule has 4 nitrogen and oxygen atoms in total. The fourth-order valence-corrected chi connectivity index (χ4v) is 3.10. The number of halogens is 1. The molecular formula is C22H21ClN2O2. The van der Waals surface area contributed by atoms with Crippen molar-refractivity contribution < 1.29 is 9.53 Å². The average molecular weight is 381 g/mol. The van der Waals surface area contributed by atoms with Crippen LogP contribution in [0.25, 0.3) is 11.1 Å². The van der Waals surface area contributed by atoms with E-state index in [2.05, 4.69) is 4.98 Å². The summed E-state index contributed by atoms with van der Waals surface area (Å²) >= 11 is 5.99. The molecule has 0 aliphatic rings. The number of aromatic nitrogens is 1. The highest BCUT2D eigenvalue weighted by Crippen LogP contribution is 2.27. The van der Waals surface area contributed by atoms with E-state index in [1.165, 1.54) is 0 Å². The largest absolute Gasteiger partial charge is 0.380 e. The molecule has 1 amide bonds. The predicted molar refractivity (Wildman–Crippen MR) is 108 cm³/mol. The summed E-state index contributed by atoms with van der Waals surface area (Å²) in [4.78, 5) is 18.6. The average Bonchev–Trinajstić information content (AvgIpc) is 2.69. The summed E-state index contributed by atoms with van der Waals surface area (Å²) in [6.45, 7) is 0.927. The molecule has 3 rings (SSSR count). The van der Waals surface area contributed by atoms with Crippen molar-refractivity contribution in [3.05, 3.63) is 88.7 Å². The number of hydrogen-bond acceptors (Lipinski definition) is 3. The second-order valence-corrected chi connectivity index (χ2v) is 6.77. The van der Waals surface area contributed by atoms with Crippen LogP contribution in [-0.2, 0) is 17.9 Å². The molecule has 0 bridgehead atoms. The molecule has 27 heavy (non-hydrogen) atoms. The first-order valence-corrected chi connectivity index (χ1v) is 8.98. The molecule has 0 aliphatic carbocycles. The molecule has 1 aromatic heterocycles. The number of ether oxygens (including phenoxy) is 1. The molecule has 138 valence electrons. The van der Waals surface area contributed by atoms with Crippen molar-refractivity contribution in [2.24, 2.45) is 0 Å². The Morgan fingerprint density at radius 1 is 1.15 bits per heavy atom. The van der Waals surface area contributed by atoms with E-state index in [1.807, 2.05) is 54.6 Å². The van der Waals surface area contributed by atoms with Crippen molar-refractivity contribution in [2.45, 2.75) is 13.2 Å². The summed E-state index contributed by atoms with van der Waals surface area (Å²) in [5.74, 6) is -0.0427. The molecule has 0 atom stereocenters. The highest BCUT2D eigenvalue weighted by Gasteiger charge is 2.15. The van der Waals surface area contributed by atoms with E-state index in [1.54, 1.807) is 31.5 Å². The number of nitrogens with zero attached hydrogens (tertiary/aromatic N) is 2. The minimum Gasteiger partial charge on any atom is -0.380 e. The van der Waals surface area contributed by atoms with Gasteiger partial charge in [0.1, 0.15) is 0 Å². The summed E-state index contributed by atoms with van der Waals surface area (Å²) in [6.07, 6.45) is 3.49. The van der Waals surface area contributed by atoms with E-state index in [0.29, 0.717) is 23.7 Å². The number of pyridine rings is 1. The number of benzene rings is 2. The van der Waals surface area contributed by atoms with Crippen molar-refractivity contribution in [3.63, 3.8) is 0 Å². The summed E-state index contributed by atoms with van der Waals surface area (Å²) in [5.41, 5.74) is 4.64. The van der Waals surface area contributed by atoms with Gasteiger partial charge >= 0.3 is 0 Å².